The molecule has 1 amide bonds. The number of nitrogens with two attached hydrogens (primary N) is 1. The molecular weight excluding hydrogens is 196 g/mol. The minimum atomic E-state index is -0.748. The highest BCUT2D eigenvalue weighted by Gasteiger charge is 2.17. The van der Waals surface area contributed by atoms with Gasteiger partial charge in [-0.25, -0.2) is 20.6 Å². The van der Waals surface area contributed by atoms with E-state index in [0.29, 0.717) is 5.82 Å². The fourth-order valence-electron chi connectivity index (χ4n) is 0.893. The highest BCUT2D eigenvalue weighted by atomic mass is 16.6. The molecule has 0 saturated heterocycles. The predicted molar refractivity (Wildman–Crippen MR) is 54.1 cm³/mol. The summed E-state index contributed by atoms with van der Waals surface area (Å²) in [4.78, 5) is 18.9. The number of rotatable bonds is 1. The summed E-state index contributed by atoms with van der Waals surface area (Å²) in [6.07, 6.45) is 2.12. The molecule has 0 fully saturated rings. The number of nitrogens with one attached hydrogen (secondary N) is 1. The standard InChI is InChI=1S/C9H14N4O2/c1-9(2,3)7-11-4-6(5-12-7)15-8(14)13-10/h4-5H,10H2,1-3H3,(H,13,14). The first kappa shape index (κ1) is 11.4. The van der Waals surface area contributed by atoms with E-state index >= 15 is 0 Å². The number of carbonyl (C=O) groups is 1. The van der Waals surface area contributed by atoms with Gasteiger partial charge in [-0.15, -0.1) is 0 Å². The van der Waals surface area contributed by atoms with Crippen LogP contribution in [0.4, 0.5) is 4.79 Å². The van der Waals surface area contributed by atoms with Crippen LogP contribution in [0, 0.1) is 0 Å². The van der Waals surface area contributed by atoms with E-state index in [4.69, 9.17) is 10.6 Å². The molecule has 0 aromatic carbocycles. The first-order valence-corrected chi connectivity index (χ1v) is 4.44. The molecule has 3 N–H and O–H groups in total. The van der Waals surface area contributed by atoms with Gasteiger partial charge in [0, 0.05) is 5.41 Å². The molecule has 0 saturated carbocycles. The van der Waals surface area contributed by atoms with Crippen molar-refractivity contribution in [2.75, 3.05) is 0 Å². The van der Waals surface area contributed by atoms with Crippen molar-refractivity contribution in [2.24, 2.45) is 5.84 Å². The zero-order valence-electron chi connectivity index (χ0n) is 8.94. The largest absolute Gasteiger partial charge is 0.426 e. The zero-order valence-corrected chi connectivity index (χ0v) is 8.94. The monoisotopic (exact) mass is 210 g/mol. The normalized spacial score (nSPS) is 10.9. The lowest BCUT2D eigenvalue weighted by atomic mass is 9.96. The Morgan fingerprint density at radius 3 is 2.33 bits per heavy atom. The smallest absolute Gasteiger partial charge is 0.406 e. The SMILES string of the molecule is CC(C)(C)c1ncc(OC(=O)NN)cn1. The van der Waals surface area contributed by atoms with Gasteiger partial charge in [0.05, 0.1) is 12.4 Å². The molecule has 15 heavy (non-hydrogen) atoms. The number of hydrazine groups is 1. The number of nitrogens with zero attached hydrogens (tertiary/aromatic N) is 2. The van der Waals surface area contributed by atoms with Crippen LogP contribution in [0.3, 0.4) is 0 Å². The molecule has 1 aromatic heterocycles. The summed E-state index contributed by atoms with van der Waals surface area (Å²) < 4.78 is 4.73. The Bertz CT molecular complexity index is 342. The number of ether oxygens (including phenoxy) is 1. The maximum Gasteiger partial charge on any atom is 0.426 e. The fourth-order valence-corrected chi connectivity index (χ4v) is 0.893. The van der Waals surface area contributed by atoms with E-state index in [1.807, 2.05) is 26.2 Å². The van der Waals surface area contributed by atoms with E-state index in [1.165, 1.54) is 12.4 Å². The van der Waals surface area contributed by atoms with E-state index in [0.717, 1.165) is 0 Å². The van der Waals surface area contributed by atoms with Gasteiger partial charge in [0.25, 0.3) is 0 Å². The molecule has 6 heteroatoms. The molecular formula is C9H14N4O2. The molecule has 1 heterocycles. The van der Waals surface area contributed by atoms with Gasteiger partial charge in [0.15, 0.2) is 5.75 Å². The maximum atomic E-state index is 10.7. The Labute approximate surface area is 87.8 Å². The van der Waals surface area contributed by atoms with Crippen LogP contribution in [0.2, 0.25) is 0 Å². The van der Waals surface area contributed by atoms with Gasteiger partial charge in [-0.05, 0) is 0 Å². The van der Waals surface area contributed by atoms with Gasteiger partial charge in [-0.2, -0.15) is 0 Å². The van der Waals surface area contributed by atoms with Crippen LogP contribution < -0.4 is 16.0 Å². The molecule has 0 spiro atoms. The van der Waals surface area contributed by atoms with Crippen molar-refractivity contribution in [3.05, 3.63) is 18.2 Å². The number of aromatic nitrogens is 2. The van der Waals surface area contributed by atoms with E-state index in [9.17, 15) is 4.79 Å². The molecule has 0 bridgehead atoms. The predicted octanol–water partition coefficient (Wildman–Crippen LogP) is 0.736. The lowest BCUT2D eigenvalue weighted by Crippen LogP contribution is -2.32. The lowest BCUT2D eigenvalue weighted by molar-refractivity contribution is 0.200. The van der Waals surface area contributed by atoms with Crippen molar-refractivity contribution in [1.29, 1.82) is 0 Å². The van der Waals surface area contributed by atoms with Crippen molar-refractivity contribution in [3.8, 4) is 5.75 Å². The number of hydrogen-bond acceptors (Lipinski definition) is 5. The van der Waals surface area contributed by atoms with E-state index < -0.39 is 6.09 Å². The summed E-state index contributed by atoms with van der Waals surface area (Å²) in [5.41, 5.74) is 1.71. The molecule has 0 aliphatic rings. The number of amides is 1. The van der Waals surface area contributed by atoms with Crippen molar-refractivity contribution < 1.29 is 9.53 Å². The first-order valence-electron chi connectivity index (χ1n) is 4.44. The van der Waals surface area contributed by atoms with Crippen molar-refractivity contribution in [1.82, 2.24) is 15.4 Å². The summed E-state index contributed by atoms with van der Waals surface area (Å²) in [5.74, 6) is 5.79. The second-order valence-corrected chi connectivity index (χ2v) is 4.03. The minimum Gasteiger partial charge on any atom is -0.406 e. The molecule has 82 valence electrons. The van der Waals surface area contributed by atoms with Crippen LogP contribution in [0.25, 0.3) is 0 Å². The first-order chi connectivity index (χ1) is 6.93. The van der Waals surface area contributed by atoms with Crippen molar-refractivity contribution in [2.45, 2.75) is 26.2 Å². The molecule has 0 radical (unpaired) electrons. The summed E-state index contributed by atoms with van der Waals surface area (Å²) in [6.45, 7) is 5.99. The topological polar surface area (TPSA) is 90.1 Å². The van der Waals surface area contributed by atoms with Crippen molar-refractivity contribution in [3.63, 3.8) is 0 Å². The van der Waals surface area contributed by atoms with Crippen molar-refractivity contribution >= 4 is 6.09 Å². The third kappa shape index (κ3) is 3.17. The molecule has 0 aliphatic carbocycles. The Morgan fingerprint density at radius 1 is 1.40 bits per heavy atom. The number of hydrogen-bond donors (Lipinski definition) is 2. The van der Waals surface area contributed by atoms with Crippen LogP contribution in [0.5, 0.6) is 5.75 Å². The Kier molecular flexibility index (Phi) is 3.21. The molecule has 0 atom stereocenters. The minimum absolute atomic E-state index is 0.130. The molecule has 6 nitrogen and oxygen atoms in total. The zero-order chi connectivity index (χ0) is 11.5. The third-order valence-corrected chi connectivity index (χ3v) is 1.63. The Balaban J connectivity index is 2.77. The fraction of sp³-hybridized carbons (Fsp3) is 0.444. The quantitative estimate of drug-likeness (QED) is 0.405. The average Bonchev–Trinajstić information content (AvgIpc) is 2.17. The summed E-state index contributed by atoms with van der Waals surface area (Å²) >= 11 is 0. The number of carbonyl (C=O) groups excluding carboxylic acids is 1. The van der Waals surface area contributed by atoms with Gasteiger partial charge in [-0.3, -0.25) is 5.43 Å². The Hall–Kier alpha value is -1.69. The van der Waals surface area contributed by atoms with Gasteiger partial charge >= 0.3 is 6.09 Å². The Morgan fingerprint density at radius 2 is 1.93 bits per heavy atom. The highest BCUT2D eigenvalue weighted by Crippen LogP contribution is 2.18. The molecule has 0 aliphatic heterocycles. The summed E-state index contributed by atoms with van der Waals surface area (Å²) in [7, 11) is 0. The summed E-state index contributed by atoms with van der Waals surface area (Å²) in [6, 6.07) is 0. The highest BCUT2D eigenvalue weighted by molar-refractivity contribution is 5.69. The van der Waals surface area contributed by atoms with Gasteiger partial charge < -0.3 is 4.74 Å². The van der Waals surface area contributed by atoms with Crippen LogP contribution in [0.1, 0.15) is 26.6 Å². The average molecular weight is 210 g/mol. The van der Waals surface area contributed by atoms with Crippen LogP contribution in [-0.2, 0) is 5.41 Å². The summed E-state index contributed by atoms with van der Waals surface area (Å²) in [5, 5.41) is 0. The molecule has 0 unspecified atom stereocenters. The maximum absolute atomic E-state index is 10.7. The van der Waals surface area contributed by atoms with Crippen LogP contribution >= 0.6 is 0 Å². The molecule has 1 aromatic rings. The van der Waals surface area contributed by atoms with Crippen LogP contribution in [-0.4, -0.2) is 16.1 Å². The second-order valence-electron chi connectivity index (χ2n) is 4.03. The van der Waals surface area contributed by atoms with Gasteiger partial charge in [0.2, 0.25) is 0 Å². The second kappa shape index (κ2) is 4.22. The van der Waals surface area contributed by atoms with E-state index in [1.54, 1.807) is 0 Å². The van der Waals surface area contributed by atoms with Crippen LogP contribution in [0.15, 0.2) is 12.4 Å². The lowest BCUT2D eigenvalue weighted by Gasteiger charge is -2.15. The van der Waals surface area contributed by atoms with E-state index in [2.05, 4.69) is 9.97 Å². The van der Waals surface area contributed by atoms with E-state index in [-0.39, 0.29) is 11.2 Å². The third-order valence-electron chi connectivity index (χ3n) is 1.63. The molecule has 1 rings (SSSR count). The van der Waals surface area contributed by atoms with Gasteiger partial charge in [-0.1, -0.05) is 20.8 Å². The van der Waals surface area contributed by atoms with Gasteiger partial charge in [0.1, 0.15) is 5.82 Å².